The number of ether oxygens (including phenoxy) is 1. The van der Waals surface area contributed by atoms with Crippen molar-refractivity contribution >= 4 is 24.0 Å². The second-order valence-electron chi connectivity index (χ2n) is 6.58. The SMILES string of the molecule is Cl.O=C(Nc1ccc([C@H]2CNCCO2)cc1)c1cnn(-c2cnc(C(F)(F)F)nc2)c1. The molecule has 1 atom stereocenters. The second kappa shape index (κ2) is 9.41. The average Bonchev–Trinajstić information content (AvgIpc) is 3.25. The molecule has 3 heterocycles. The van der Waals surface area contributed by atoms with Crippen LogP contribution >= 0.6 is 12.4 Å². The Labute approximate surface area is 181 Å². The summed E-state index contributed by atoms with van der Waals surface area (Å²) in [7, 11) is 0. The van der Waals surface area contributed by atoms with Gasteiger partial charge in [0.1, 0.15) is 5.69 Å². The van der Waals surface area contributed by atoms with Crippen LogP contribution in [0, 0.1) is 0 Å². The number of hydrogen-bond donors (Lipinski definition) is 2. The highest BCUT2D eigenvalue weighted by Crippen LogP contribution is 2.25. The molecule has 2 aromatic heterocycles. The Morgan fingerprint density at radius 2 is 1.87 bits per heavy atom. The van der Waals surface area contributed by atoms with E-state index in [1.165, 1.54) is 17.1 Å². The maximum absolute atomic E-state index is 12.6. The highest BCUT2D eigenvalue weighted by atomic mass is 35.5. The Morgan fingerprint density at radius 3 is 2.48 bits per heavy atom. The molecule has 0 saturated carbocycles. The van der Waals surface area contributed by atoms with Crippen molar-refractivity contribution in [2.75, 3.05) is 25.0 Å². The summed E-state index contributed by atoms with van der Waals surface area (Å²) >= 11 is 0. The molecule has 1 amide bonds. The number of aromatic nitrogens is 4. The van der Waals surface area contributed by atoms with Crippen LogP contribution in [0.1, 0.15) is 27.8 Å². The lowest BCUT2D eigenvalue weighted by atomic mass is 10.1. The number of nitrogens with one attached hydrogen (secondary N) is 2. The third-order valence-corrected chi connectivity index (χ3v) is 4.47. The molecule has 2 N–H and O–H groups in total. The van der Waals surface area contributed by atoms with Crippen LogP contribution in [0.5, 0.6) is 0 Å². The van der Waals surface area contributed by atoms with Crippen LogP contribution in [-0.2, 0) is 10.9 Å². The molecule has 1 aliphatic rings. The third-order valence-electron chi connectivity index (χ3n) is 4.47. The van der Waals surface area contributed by atoms with Gasteiger partial charge in [-0.2, -0.15) is 18.3 Å². The van der Waals surface area contributed by atoms with E-state index in [9.17, 15) is 18.0 Å². The number of morpholine rings is 1. The molecular formula is C19H18ClF3N6O2. The van der Waals surface area contributed by atoms with E-state index in [1.807, 2.05) is 12.1 Å². The maximum atomic E-state index is 12.6. The average molecular weight is 455 g/mol. The molecule has 4 rings (SSSR count). The molecule has 0 unspecified atom stereocenters. The topological polar surface area (TPSA) is 94.0 Å². The number of hydrogen-bond acceptors (Lipinski definition) is 6. The van der Waals surface area contributed by atoms with Crippen LogP contribution in [0.15, 0.2) is 49.1 Å². The molecule has 3 aromatic rings. The van der Waals surface area contributed by atoms with Gasteiger partial charge in [0, 0.05) is 25.0 Å². The van der Waals surface area contributed by atoms with Crippen molar-refractivity contribution < 1.29 is 22.7 Å². The van der Waals surface area contributed by atoms with Gasteiger partial charge in [-0.25, -0.2) is 14.6 Å². The van der Waals surface area contributed by atoms with E-state index in [0.717, 1.165) is 31.0 Å². The summed E-state index contributed by atoms with van der Waals surface area (Å²) in [5, 5.41) is 10.0. The first-order valence-electron chi connectivity index (χ1n) is 9.08. The van der Waals surface area contributed by atoms with Gasteiger partial charge in [0.05, 0.1) is 36.9 Å². The van der Waals surface area contributed by atoms with Gasteiger partial charge in [-0.05, 0) is 17.7 Å². The fourth-order valence-electron chi connectivity index (χ4n) is 2.93. The Kier molecular flexibility index (Phi) is 6.88. The van der Waals surface area contributed by atoms with Crippen LogP contribution in [0.25, 0.3) is 5.69 Å². The van der Waals surface area contributed by atoms with E-state index >= 15 is 0 Å². The number of anilines is 1. The minimum atomic E-state index is -4.62. The third kappa shape index (κ3) is 5.37. The van der Waals surface area contributed by atoms with Gasteiger partial charge < -0.3 is 15.4 Å². The minimum absolute atomic E-state index is 0. The van der Waals surface area contributed by atoms with Gasteiger partial charge >= 0.3 is 6.18 Å². The molecule has 12 heteroatoms. The number of benzene rings is 1. The lowest BCUT2D eigenvalue weighted by Crippen LogP contribution is -2.33. The maximum Gasteiger partial charge on any atom is 0.451 e. The zero-order valence-electron chi connectivity index (χ0n) is 16.0. The molecule has 0 radical (unpaired) electrons. The van der Waals surface area contributed by atoms with Crippen molar-refractivity contribution in [1.82, 2.24) is 25.1 Å². The Balaban J connectivity index is 0.00000272. The summed E-state index contributed by atoms with van der Waals surface area (Å²) in [5.74, 6) is -1.65. The molecule has 1 aliphatic heterocycles. The van der Waals surface area contributed by atoms with Crippen LogP contribution in [0.4, 0.5) is 18.9 Å². The number of halogens is 4. The molecule has 8 nitrogen and oxygen atoms in total. The summed E-state index contributed by atoms with van der Waals surface area (Å²) in [4.78, 5) is 19.0. The summed E-state index contributed by atoms with van der Waals surface area (Å²) in [6, 6.07) is 7.32. The molecule has 1 fully saturated rings. The fourth-order valence-corrected chi connectivity index (χ4v) is 2.93. The van der Waals surface area contributed by atoms with E-state index in [1.54, 1.807) is 12.1 Å². The van der Waals surface area contributed by atoms with E-state index < -0.39 is 17.9 Å². The molecule has 164 valence electrons. The van der Waals surface area contributed by atoms with Crippen molar-refractivity contribution in [3.05, 3.63) is 66.0 Å². The first kappa shape index (κ1) is 22.7. The van der Waals surface area contributed by atoms with Crippen LogP contribution in [-0.4, -0.2) is 45.4 Å². The monoisotopic (exact) mass is 454 g/mol. The number of carbonyl (C=O) groups excluding carboxylic acids is 1. The first-order valence-corrected chi connectivity index (χ1v) is 9.08. The number of carbonyl (C=O) groups is 1. The molecule has 0 bridgehead atoms. The lowest BCUT2D eigenvalue weighted by molar-refractivity contribution is -0.145. The standard InChI is InChI=1S/C19H17F3N6O2.ClH/c20-19(21,22)18-24-8-15(9-25-18)28-11-13(7-26-28)17(29)27-14-3-1-12(2-4-14)16-10-23-5-6-30-16;/h1-4,7-9,11,16,23H,5-6,10H2,(H,27,29);1H/t16-;/m1./s1. The Morgan fingerprint density at radius 1 is 1.16 bits per heavy atom. The van der Waals surface area contributed by atoms with Crippen molar-refractivity contribution in [3.63, 3.8) is 0 Å². The zero-order chi connectivity index (χ0) is 21.1. The predicted molar refractivity (Wildman–Crippen MR) is 107 cm³/mol. The highest BCUT2D eigenvalue weighted by molar-refractivity contribution is 6.04. The first-order chi connectivity index (χ1) is 14.4. The Hall–Kier alpha value is -3.02. The largest absolute Gasteiger partial charge is 0.451 e. The van der Waals surface area contributed by atoms with Gasteiger partial charge in [0.25, 0.3) is 5.91 Å². The second-order valence-corrected chi connectivity index (χ2v) is 6.58. The van der Waals surface area contributed by atoms with Gasteiger partial charge in [-0.15, -0.1) is 12.4 Å². The highest BCUT2D eigenvalue weighted by Gasteiger charge is 2.34. The smallest absolute Gasteiger partial charge is 0.371 e. The normalized spacial score (nSPS) is 16.4. The molecule has 31 heavy (non-hydrogen) atoms. The quantitative estimate of drug-likeness (QED) is 0.629. The molecule has 1 saturated heterocycles. The zero-order valence-corrected chi connectivity index (χ0v) is 16.8. The van der Waals surface area contributed by atoms with Crippen LogP contribution in [0.2, 0.25) is 0 Å². The molecule has 1 aromatic carbocycles. The Bertz CT molecular complexity index is 1020. The van der Waals surface area contributed by atoms with Crippen molar-refractivity contribution in [2.45, 2.75) is 12.3 Å². The summed E-state index contributed by atoms with van der Waals surface area (Å²) in [6.07, 6.45) is 0.0347. The number of amides is 1. The van der Waals surface area contributed by atoms with Gasteiger partial charge in [-0.3, -0.25) is 4.79 Å². The lowest BCUT2D eigenvalue weighted by Gasteiger charge is -2.24. The summed E-state index contributed by atoms with van der Waals surface area (Å²) in [6.45, 7) is 2.21. The van der Waals surface area contributed by atoms with E-state index in [2.05, 4.69) is 25.7 Å². The number of rotatable bonds is 4. The summed E-state index contributed by atoms with van der Waals surface area (Å²) < 4.78 is 44.6. The molecule has 0 aliphatic carbocycles. The summed E-state index contributed by atoms with van der Waals surface area (Å²) in [5.41, 5.74) is 2.04. The molecule has 0 spiro atoms. The van der Waals surface area contributed by atoms with E-state index in [4.69, 9.17) is 4.74 Å². The van der Waals surface area contributed by atoms with Gasteiger partial charge in [0.2, 0.25) is 5.82 Å². The van der Waals surface area contributed by atoms with Crippen molar-refractivity contribution in [1.29, 1.82) is 0 Å². The predicted octanol–water partition coefficient (Wildman–Crippen LogP) is 3.02. The number of alkyl halides is 3. The van der Waals surface area contributed by atoms with Crippen molar-refractivity contribution in [3.8, 4) is 5.69 Å². The van der Waals surface area contributed by atoms with Crippen LogP contribution in [0.3, 0.4) is 0 Å². The molecular weight excluding hydrogens is 437 g/mol. The van der Waals surface area contributed by atoms with Gasteiger partial charge in [0.15, 0.2) is 0 Å². The van der Waals surface area contributed by atoms with Crippen LogP contribution < -0.4 is 10.6 Å². The van der Waals surface area contributed by atoms with Gasteiger partial charge in [-0.1, -0.05) is 12.1 Å². The van der Waals surface area contributed by atoms with E-state index in [0.29, 0.717) is 12.3 Å². The van der Waals surface area contributed by atoms with Crippen molar-refractivity contribution in [2.24, 2.45) is 0 Å². The fraction of sp³-hybridized carbons (Fsp3) is 0.263. The minimum Gasteiger partial charge on any atom is -0.371 e. The van der Waals surface area contributed by atoms with E-state index in [-0.39, 0.29) is 29.8 Å². The number of nitrogens with zero attached hydrogens (tertiary/aromatic N) is 4.